The van der Waals surface area contributed by atoms with Crippen LogP contribution in [0.5, 0.6) is 0 Å². The first-order chi connectivity index (χ1) is 16.6. The molecule has 1 N–H and O–H groups in total. The molecule has 5 rings (SSSR count). The summed E-state index contributed by atoms with van der Waals surface area (Å²) in [4.78, 5) is 24.7. The van der Waals surface area contributed by atoms with Gasteiger partial charge in [-0.1, -0.05) is 42.1 Å². The number of carbonyl (C=O) groups excluding carboxylic acids is 1. The number of thioether (sulfide) groups is 2. The van der Waals surface area contributed by atoms with Gasteiger partial charge >= 0.3 is 0 Å². The number of amides is 1. The van der Waals surface area contributed by atoms with Crippen molar-refractivity contribution in [3.63, 3.8) is 0 Å². The van der Waals surface area contributed by atoms with E-state index in [1.54, 1.807) is 28.8 Å². The second-order valence-electron chi connectivity index (χ2n) is 8.27. The van der Waals surface area contributed by atoms with Gasteiger partial charge in [0.25, 0.3) is 5.91 Å². The third kappa shape index (κ3) is 4.22. The minimum Gasteiger partial charge on any atom is -0.384 e. The Morgan fingerprint density at radius 1 is 1.15 bits per heavy atom. The lowest BCUT2D eigenvalue weighted by molar-refractivity contribution is -0.122. The predicted octanol–water partition coefficient (Wildman–Crippen LogP) is 6.00. The molecule has 2 aromatic carbocycles. The summed E-state index contributed by atoms with van der Waals surface area (Å²) in [6.45, 7) is 3.20. The third-order valence-corrected chi connectivity index (χ3v) is 8.57. The van der Waals surface area contributed by atoms with Crippen LogP contribution in [0.3, 0.4) is 0 Å². The molecule has 2 heterocycles. The van der Waals surface area contributed by atoms with Crippen molar-refractivity contribution in [2.45, 2.75) is 32.7 Å². The average Bonchev–Trinajstić information content (AvgIpc) is 3.52. The summed E-state index contributed by atoms with van der Waals surface area (Å²) in [6.07, 6.45) is 3.33. The van der Waals surface area contributed by atoms with E-state index in [1.807, 2.05) is 43.3 Å². The number of anilines is 1. The average molecular weight is 488 g/mol. The van der Waals surface area contributed by atoms with E-state index in [4.69, 9.17) is 4.99 Å². The lowest BCUT2D eigenvalue weighted by atomic mass is 10.2. The van der Waals surface area contributed by atoms with E-state index in [-0.39, 0.29) is 5.91 Å². The van der Waals surface area contributed by atoms with E-state index in [1.165, 1.54) is 28.8 Å². The number of amidine groups is 1. The minimum absolute atomic E-state index is 0.0236. The van der Waals surface area contributed by atoms with Crippen LogP contribution < -0.4 is 5.32 Å². The van der Waals surface area contributed by atoms with E-state index in [9.17, 15) is 10.1 Å². The fourth-order valence-corrected chi connectivity index (χ4v) is 6.85. The highest BCUT2D eigenvalue weighted by Crippen LogP contribution is 2.52. The Kier molecular flexibility index (Phi) is 6.40. The molecule has 0 atom stereocenters. The molecule has 0 spiro atoms. The number of nitrogens with zero attached hydrogens (tertiary/aromatic N) is 4. The summed E-state index contributed by atoms with van der Waals surface area (Å²) in [5.74, 6) is -0.0236. The SMILES string of the molecule is CCNc1ccc(C#N)cc1N=C1S/C(=C2\SC3=C(CCC3)N2C)C(=O)N1Cc1ccccc1. The molecule has 3 aliphatic rings. The van der Waals surface area contributed by atoms with Gasteiger partial charge in [0.05, 0.1) is 34.6 Å². The zero-order valence-corrected chi connectivity index (χ0v) is 20.8. The fraction of sp³-hybridized carbons (Fsp3) is 0.269. The van der Waals surface area contributed by atoms with E-state index >= 15 is 0 Å². The molecule has 8 heteroatoms. The first-order valence-electron chi connectivity index (χ1n) is 11.4. The maximum Gasteiger partial charge on any atom is 0.269 e. The van der Waals surface area contributed by atoms with Gasteiger partial charge in [0.15, 0.2) is 5.17 Å². The largest absolute Gasteiger partial charge is 0.384 e. The molecule has 172 valence electrons. The van der Waals surface area contributed by atoms with Crippen molar-refractivity contribution in [1.82, 2.24) is 9.80 Å². The van der Waals surface area contributed by atoms with Crippen molar-refractivity contribution < 1.29 is 4.79 Å². The predicted molar refractivity (Wildman–Crippen MR) is 140 cm³/mol. The molecule has 1 aliphatic carbocycles. The Bertz CT molecular complexity index is 1280. The highest BCUT2D eigenvalue weighted by Gasteiger charge is 2.40. The number of hydrogen-bond acceptors (Lipinski definition) is 7. The van der Waals surface area contributed by atoms with Crippen LogP contribution in [0.1, 0.15) is 37.3 Å². The van der Waals surface area contributed by atoms with E-state index in [2.05, 4.69) is 23.3 Å². The van der Waals surface area contributed by atoms with Crippen molar-refractivity contribution in [3.05, 3.63) is 80.2 Å². The zero-order valence-electron chi connectivity index (χ0n) is 19.2. The van der Waals surface area contributed by atoms with Gasteiger partial charge in [-0.3, -0.25) is 9.69 Å². The number of nitriles is 1. The Morgan fingerprint density at radius 3 is 2.71 bits per heavy atom. The van der Waals surface area contributed by atoms with Crippen molar-refractivity contribution >= 4 is 46.0 Å². The van der Waals surface area contributed by atoms with Crippen LogP contribution in [0.2, 0.25) is 0 Å². The summed E-state index contributed by atoms with van der Waals surface area (Å²) in [5, 5.41) is 14.4. The van der Waals surface area contributed by atoms with Crippen LogP contribution in [0.15, 0.2) is 74.1 Å². The molecule has 0 bridgehead atoms. The number of aliphatic imine (C=N–C) groups is 1. The molecule has 0 radical (unpaired) electrons. The molecule has 0 aromatic heterocycles. The van der Waals surface area contributed by atoms with E-state index < -0.39 is 0 Å². The second kappa shape index (κ2) is 9.61. The van der Waals surface area contributed by atoms with Crippen LogP contribution >= 0.6 is 23.5 Å². The van der Waals surface area contributed by atoms with Gasteiger partial charge in [0, 0.05) is 24.2 Å². The third-order valence-electron chi connectivity index (χ3n) is 6.02. The van der Waals surface area contributed by atoms with Gasteiger partial charge in [-0.25, -0.2) is 4.99 Å². The summed E-state index contributed by atoms with van der Waals surface area (Å²) < 4.78 is 0. The molecule has 1 amide bonds. The number of allylic oxidation sites excluding steroid dienone is 2. The lowest BCUT2D eigenvalue weighted by Crippen LogP contribution is -2.29. The number of hydrogen-bond donors (Lipinski definition) is 1. The van der Waals surface area contributed by atoms with Gasteiger partial charge in [-0.15, -0.1) is 0 Å². The van der Waals surface area contributed by atoms with Gasteiger partial charge in [0.2, 0.25) is 0 Å². The minimum atomic E-state index is -0.0236. The lowest BCUT2D eigenvalue weighted by Gasteiger charge is -2.18. The van der Waals surface area contributed by atoms with Crippen LogP contribution in [-0.4, -0.2) is 34.5 Å². The normalized spacial score (nSPS) is 21.0. The smallest absolute Gasteiger partial charge is 0.269 e. The fourth-order valence-electron chi connectivity index (χ4n) is 4.33. The van der Waals surface area contributed by atoms with Crippen LogP contribution in [0.4, 0.5) is 11.4 Å². The summed E-state index contributed by atoms with van der Waals surface area (Å²) in [5.41, 5.74) is 4.43. The number of rotatable bonds is 5. The highest BCUT2D eigenvalue weighted by atomic mass is 32.2. The summed E-state index contributed by atoms with van der Waals surface area (Å²) in [6, 6.07) is 17.6. The zero-order chi connectivity index (χ0) is 23.7. The summed E-state index contributed by atoms with van der Waals surface area (Å²) in [7, 11) is 2.06. The topological polar surface area (TPSA) is 71.7 Å². The Balaban J connectivity index is 1.57. The maximum atomic E-state index is 13.7. The van der Waals surface area contributed by atoms with Crippen molar-refractivity contribution in [2.75, 3.05) is 18.9 Å². The molecule has 1 saturated heterocycles. The van der Waals surface area contributed by atoms with E-state index in [0.29, 0.717) is 23.0 Å². The van der Waals surface area contributed by atoms with Crippen LogP contribution in [-0.2, 0) is 11.3 Å². The number of nitrogens with one attached hydrogen (secondary N) is 1. The molecule has 6 nitrogen and oxygen atoms in total. The molecule has 34 heavy (non-hydrogen) atoms. The first-order valence-corrected chi connectivity index (χ1v) is 13.0. The molecular weight excluding hydrogens is 462 g/mol. The molecule has 1 fully saturated rings. The standard InChI is InChI=1S/C26H25N5OS2/c1-3-28-19-13-12-18(15-27)14-20(19)29-26-31(16-17-8-5-4-6-9-17)24(32)23(34-26)25-30(2)21-10-7-11-22(21)33-25/h4-6,8-9,12-14,28H,3,7,10-11,16H2,1-2H3/b25-23-,29-26?. The van der Waals surface area contributed by atoms with Crippen LogP contribution in [0.25, 0.3) is 0 Å². The van der Waals surface area contributed by atoms with Crippen LogP contribution in [0, 0.1) is 11.3 Å². The van der Waals surface area contributed by atoms with Crippen molar-refractivity contribution in [2.24, 2.45) is 4.99 Å². The van der Waals surface area contributed by atoms with Gasteiger partial charge < -0.3 is 10.2 Å². The molecular formula is C26H25N5OS2. The van der Waals surface area contributed by atoms with Crippen molar-refractivity contribution in [1.29, 1.82) is 5.26 Å². The summed E-state index contributed by atoms with van der Waals surface area (Å²) >= 11 is 3.16. The van der Waals surface area contributed by atoms with Gasteiger partial charge in [0.1, 0.15) is 4.91 Å². The van der Waals surface area contributed by atoms with E-state index in [0.717, 1.165) is 40.6 Å². The Labute approximate surface area is 208 Å². The highest BCUT2D eigenvalue weighted by molar-refractivity contribution is 8.19. The Hall–Kier alpha value is -3.15. The van der Waals surface area contributed by atoms with Crippen molar-refractivity contribution in [3.8, 4) is 6.07 Å². The number of benzene rings is 2. The first kappa shape index (κ1) is 22.6. The number of carbonyl (C=O) groups is 1. The monoisotopic (exact) mass is 487 g/mol. The van der Waals surface area contributed by atoms with Gasteiger partial charge in [-0.05, 0) is 61.7 Å². The second-order valence-corrected chi connectivity index (χ2v) is 10.3. The quantitative estimate of drug-likeness (QED) is 0.522. The molecule has 2 aliphatic heterocycles. The molecule has 0 saturated carbocycles. The molecule has 0 unspecified atom stereocenters. The molecule has 2 aromatic rings. The maximum absolute atomic E-state index is 13.7. The Morgan fingerprint density at radius 2 is 1.97 bits per heavy atom. The van der Waals surface area contributed by atoms with Gasteiger partial charge in [-0.2, -0.15) is 5.26 Å².